The van der Waals surface area contributed by atoms with Gasteiger partial charge < -0.3 is 26.8 Å². The SMILES string of the molecule is CC.CC(CCC(=O)O)C1CCC2C3CCC4CC(NCCCNCCCCNCCCN)CCC4(C)C3CCC12C. The first kappa shape index (κ1) is 35.8. The van der Waals surface area contributed by atoms with Crippen LogP contribution in [0.4, 0.5) is 0 Å². The molecule has 0 aromatic carbocycles. The van der Waals surface area contributed by atoms with Gasteiger partial charge in [0.25, 0.3) is 0 Å². The minimum absolute atomic E-state index is 0.337. The summed E-state index contributed by atoms with van der Waals surface area (Å²) in [5, 5.41) is 20.3. The molecule has 0 aromatic rings. The van der Waals surface area contributed by atoms with Gasteiger partial charge in [0, 0.05) is 12.5 Å². The third-order valence-electron chi connectivity index (χ3n) is 12.7. The lowest BCUT2D eigenvalue weighted by Crippen LogP contribution is -2.55. The number of fused-ring (bicyclic) bond motifs is 5. The number of carboxylic acids is 1. The highest BCUT2D eigenvalue weighted by Gasteiger charge is 2.60. The standard InChI is InChI=1S/C34H64N4O2.C2H6/c1-25(8-13-32(39)40)29-11-12-30-28-10-9-26-24-27(14-16-33(26,2)31(28)15-17-34(29,30)3)38-23-7-22-37-20-5-4-19-36-21-6-18-35;1-2/h25-31,36-38H,4-24,35H2,1-3H3,(H,39,40);1-2H3. The van der Waals surface area contributed by atoms with Crippen LogP contribution >= 0.6 is 0 Å². The van der Waals surface area contributed by atoms with E-state index in [1.165, 1.54) is 77.0 Å². The van der Waals surface area contributed by atoms with Gasteiger partial charge in [0.1, 0.15) is 0 Å². The summed E-state index contributed by atoms with van der Waals surface area (Å²) in [6.45, 7) is 18.0. The molecule has 4 rings (SSSR count). The molecule has 4 saturated carbocycles. The van der Waals surface area contributed by atoms with E-state index in [1.54, 1.807) is 0 Å². The Bertz CT molecular complexity index is 779. The van der Waals surface area contributed by atoms with E-state index in [9.17, 15) is 9.90 Å². The predicted octanol–water partition coefficient (Wildman–Crippen LogP) is 6.83. The molecule has 0 spiro atoms. The van der Waals surface area contributed by atoms with E-state index in [0.29, 0.717) is 29.2 Å². The van der Waals surface area contributed by atoms with Crippen LogP contribution in [0.3, 0.4) is 0 Å². The summed E-state index contributed by atoms with van der Waals surface area (Å²) in [7, 11) is 0. The average Bonchev–Trinajstić information content (AvgIpc) is 3.35. The Balaban J connectivity index is 0.00000237. The van der Waals surface area contributed by atoms with Crippen molar-refractivity contribution in [3.05, 3.63) is 0 Å². The van der Waals surface area contributed by atoms with Crippen LogP contribution in [0.5, 0.6) is 0 Å². The number of rotatable bonds is 17. The average molecular weight is 591 g/mol. The summed E-state index contributed by atoms with van der Waals surface area (Å²) in [5.41, 5.74) is 6.51. The van der Waals surface area contributed by atoms with E-state index in [4.69, 9.17) is 5.73 Å². The van der Waals surface area contributed by atoms with Crippen molar-refractivity contribution in [2.24, 2.45) is 52.1 Å². The fourth-order valence-electron chi connectivity index (χ4n) is 10.5. The van der Waals surface area contributed by atoms with Crippen molar-refractivity contribution in [3.8, 4) is 0 Å². The Hall–Kier alpha value is -0.690. The molecule has 6 nitrogen and oxygen atoms in total. The van der Waals surface area contributed by atoms with Gasteiger partial charge in [-0.1, -0.05) is 34.6 Å². The number of unbranched alkanes of at least 4 members (excludes halogenated alkanes) is 1. The number of nitrogens with two attached hydrogens (primary N) is 1. The first-order valence-electron chi connectivity index (χ1n) is 18.4. The molecule has 0 heterocycles. The van der Waals surface area contributed by atoms with E-state index in [2.05, 4.69) is 36.7 Å². The molecule has 0 aliphatic heterocycles. The van der Waals surface area contributed by atoms with Crippen molar-refractivity contribution in [3.63, 3.8) is 0 Å². The predicted molar refractivity (Wildman–Crippen MR) is 178 cm³/mol. The van der Waals surface area contributed by atoms with Gasteiger partial charge in [-0.3, -0.25) is 4.79 Å². The second-order valence-electron chi connectivity index (χ2n) is 14.9. The summed E-state index contributed by atoms with van der Waals surface area (Å²) in [6, 6.07) is 0.717. The Morgan fingerprint density at radius 3 is 2.17 bits per heavy atom. The molecule has 246 valence electrons. The summed E-state index contributed by atoms with van der Waals surface area (Å²) in [5.74, 6) is 4.23. The van der Waals surface area contributed by atoms with Crippen molar-refractivity contribution in [2.45, 2.75) is 137 Å². The fourth-order valence-corrected chi connectivity index (χ4v) is 10.5. The highest BCUT2D eigenvalue weighted by molar-refractivity contribution is 5.66. The van der Waals surface area contributed by atoms with Gasteiger partial charge in [-0.15, -0.1) is 0 Å². The van der Waals surface area contributed by atoms with Crippen LogP contribution in [-0.2, 0) is 4.79 Å². The van der Waals surface area contributed by atoms with Crippen LogP contribution in [0.15, 0.2) is 0 Å². The maximum Gasteiger partial charge on any atom is 0.303 e. The lowest BCUT2D eigenvalue weighted by Gasteiger charge is -2.61. The molecule has 0 radical (unpaired) electrons. The largest absolute Gasteiger partial charge is 0.481 e. The molecule has 6 heteroatoms. The van der Waals surface area contributed by atoms with Crippen LogP contribution < -0.4 is 21.7 Å². The van der Waals surface area contributed by atoms with Gasteiger partial charge in [-0.05, 0) is 175 Å². The number of carbonyl (C=O) groups is 1. The molecule has 6 N–H and O–H groups in total. The molecule has 42 heavy (non-hydrogen) atoms. The summed E-state index contributed by atoms with van der Waals surface area (Å²) >= 11 is 0. The van der Waals surface area contributed by atoms with E-state index in [0.717, 1.165) is 81.7 Å². The maximum atomic E-state index is 11.2. The Morgan fingerprint density at radius 2 is 1.48 bits per heavy atom. The molecule has 4 aliphatic carbocycles. The Kier molecular flexibility index (Phi) is 15.1. The van der Waals surface area contributed by atoms with Crippen molar-refractivity contribution in [2.75, 3.05) is 39.3 Å². The molecule has 0 bridgehead atoms. The lowest BCUT2D eigenvalue weighted by molar-refractivity contribution is -0.137. The van der Waals surface area contributed by atoms with Crippen LogP contribution in [0.1, 0.15) is 131 Å². The van der Waals surface area contributed by atoms with Crippen molar-refractivity contribution < 1.29 is 9.90 Å². The molecule has 9 atom stereocenters. The monoisotopic (exact) mass is 591 g/mol. The zero-order valence-electron chi connectivity index (χ0n) is 28.3. The van der Waals surface area contributed by atoms with Crippen molar-refractivity contribution in [1.82, 2.24) is 16.0 Å². The minimum Gasteiger partial charge on any atom is -0.481 e. The molecule has 0 aromatic heterocycles. The zero-order valence-corrected chi connectivity index (χ0v) is 28.3. The van der Waals surface area contributed by atoms with Gasteiger partial charge >= 0.3 is 5.97 Å². The van der Waals surface area contributed by atoms with E-state index < -0.39 is 5.97 Å². The highest BCUT2D eigenvalue weighted by Crippen LogP contribution is 2.68. The zero-order chi connectivity index (χ0) is 30.6. The molecule has 0 saturated heterocycles. The number of hydrogen-bond donors (Lipinski definition) is 5. The topological polar surface area (TPSA) is 99.4 Å². The molecule has 4 fully saturated rings. The number of aliphatic carboxylic acids is 1. The van der Waals surface area contributed by atoms with Gasteiger partial charge in [0.2, 0.25) is 0 Å². The molecule has 0 amide bonds. The molecular weight excluding hydrogens is 520 g/mol. The number of nitrogens with one attached hydrogen (secondary N) is 3. The van der Waals surface area contributed by atoms with Crippen LogP contribution in [-0.4, -0.2) is 56.4 Å². The second kappa shape index (κ2) is 17.7. The van der Waals surface area contributed by atoms with Crippen LogP contribution in [0.2, 0.25) is 0 Å². The summed E-state index contributed by atoms with van der Waals surface area (Å²) < 4.78 is 0. The number of hydrogen-bond acceptors (Lipinski definition) is 5. The molecular formula is C36H70N4O2. The summed E-state index contributed by atoms with van der Waals surface area (Å²) in [4.78, 5) is 11.2. The summed E-state index contributed by atoms with van der Waals surface area (Å²) in [6.07, 6.45) is 18.5. The van der Waals surface area contributed by atoms with Gasteiger partial charge in [0.05, 0.1) is 0 Å². The van der Waals surface area contributed by atoms with Crippen LogP contribution in [0.25, 0.3) is 0 Å². The smallest absolute Gasteiger partial charge is 0.303 e. The Morgan fingerprint density at radius 1 is 0.833 bits per heavy atom. The number of carboxylic acid groups (broad SMARTS) is 1. The quantitative estimate of drug-likeness (QED) is 0.119. The molecule has 9 unspecified atom stereocenters. The van der Waals surface area contributed by atoms with Gasteiger partial charge in [-0.2, -0.15) is 0 Å². The fraction of sp³-hybridized carbons (Fsp3) is 0.972. The second-order valence-corrected chi connectivity index (χ2v) is 14.9. The van der Waals surface area contributed by atoms with E-state index >= 15 is 0 Å². The maximum absolute atomic E-state index is 11.2. The van der Waals surface area contributed by atoms with E-state index in [-0.39, 0.29) is 0 Å². The van der Waals surface area contributed by atoms with Crippen LogP contribution in [0, 0.1) is 46.3 Å². The minimum atomic E-state index is -0.628. The first-order valence-corrected chi connectivity index (χ1v) is 18.4. The van der Waals surface area contributed by atoms with Crippen molar-refractivity contribution in [1.29, 1.82) is 0 Å². The van der Waals surface area contributed by atoms with Crippen molar-refractivity contribution >= 4 is 5.97 Å². The Labute approximate surface area is 259 Å². The van der Waals surface area contributed by atoms with E-state index in [1.807, 2.05) is 13.8 Å². The first-order chi connectivity index (χ1) is 20.3. The third kappa shape index (κ3) is 8.95. The normalized spacial score (nSPS) is 36.2. The van der Waals surface area contributed by atoms with Gasteiger partial charge in [0.15, 0.2) is 0 Å². The molecule has 4 aliphatic rings. The van der Waals surface area contributed by atoms with Gasteiger partial charge in [-0.25, -0.2) is 0 Å². The third-order valence-corrected chi connectivity index (χ3v) is 12.7. The highest BCUT2D eigenvalue weighted by atomic mass is 16.4. The lowest BCUT2D eigenvalue weighted by atomic mass is 9.44.